The van der Waals surface area contributed by atoms with Gasteiger partial charge in [0, 0.05) is 22.5 Å². The lowest BCUT2D eigenvalue weighted by molar-refractivity contribution is 0.338. The van der Waals surface area contributed by atoms with E-state index in [9.17, 15) is 0 Å². The van der Waals surface area contributed by atoms with Crippen molar-refractivity contribution in [2.24, 2.45) is 9.98 Å². The number of rotatable bonds is 6. The van der Waals surface area contributed by atoms with E-state index < -0.39 is 0 Å². The fourth-order valence-electron chi connectivity index (χ4n) is 7.60. The van der Waals surface area contributed by atoms with Crippen LogP contribution < -0.4 is 9.80 Å². The first-order valence-electron chi connectivity index (χ1n) is 17.7. The number of benzene rings is 4. The van der Waals surface area contributed by atoms with Crippen molar-refractivity contribution in [2.75, 3.05) is 9.80 Å². The maximum atomic E-state index is 5.28. The Labute approximate surface area is 298 Å². The summed E-state index contributed by atoms with van der Waals surface area (Å²) in [5, 5.41) is 0. The third-order valence-corrected chi connectivity index (χ3v) is 11.6. The van der Waals surface area contributed by atoms with Crippen LogP contribution in [0.5, 0.6) is 0 Å². The van der Waals surface area contributed by atoms with Gasteiger partial charge in [-0.25, -0.2) is 4.98 Å². The molecule has 0 N–H and O–H groups in total. The molecule has 0 atom stereocenters. The SMILES string of the molecule is CC1=NC(C)(C)C(C)(C)N1c1ccc(-c2cc(-c3ccc(-c4ccccc4)cc3)cc(-c3ccc(N4C(C)=NC(C)(C)C4(C)C)cc3)n2)cc1. The van der Waals surface area contributed by atoms with Crippen LogP contribution in [0.15, 0.2) is 125 Å². The predicted octanol–water partition coefficient (Wildman–Crippen LogP) is 11.3. The van der Waals surface area contributed by atoms with Crippen molar-refractivity contribution in [1.29, 1.82) is 0 Å². The van der Waals surface area contributed by atoms with Gasteiger partial charge in [0.25, 0.3) is 0 Å². The Bertz CT molecular complexity index is 1990. The largest absolute Gasteiger partial charge is 0.322 e. The lowest BCUT2D eigenvalue weighted by Crippen LogP contribution is -2.52. The summed E-state index contributed by atoms with van der Waals surface area (Å²) in [5.41, 5.74) is 10.4. The van der Waals surface area contributed by atoms with Gasteiger partial charge in [-0.3, -0.25) is 9.98 Å². The molecular formula is C45H49N5. The Morgan fingerprint density at radius 3 is 1.10 bits per heavy atom. The van der Waals surface area contributed by atoms with Gasteiger partial charge in [0.15, 0.2) is 0 Å². The fraction of sp³-hybridized carbons (Fsp3) is 0.311. The smallest absolute Gasteiger partial charge is 0.102 e. The molecule has 0 bridgehead atoms. The summed E-state index contributed by atoms with van der Waals surface area (Å²) in [6.45, 7) is 22.1. The summed E-state index contributed by atoms with van der Waals surface area (Å²) < 4.78 is 0. The van der Waals surface area contributed by atoms with Crippen molar-refractivity contribution in [1.82, 2.24) is 4.98 Å². The molecule has 5 nitrogen and oxygen atoms in total. The Morgan fingerprint density at radius 1 is 0.400 bits per heavy atom. The molecule has 0 radical (unpaired) electrons. The van der Waals surface area contributed by atoms with E-state index in [1.807, 2.05) is 0 Å². The number of aliphatic imine (C=N–C) groups is 2. The van der Waals surface area contributed by atoms with E-state index in [1.54, 1.807) is 0 Å². The van der Waals surface area contributed by atoms with Crippen LogP contribution in [0.1, 0.15) is 69.2 Å². The minimum absolute atomic E-state index is 0.146. The van der Waals surface area contributed by atoms with Crippen LogP contribution in [-0.4, -0.2) is 38.8 Å². The lowest BCUT2D eigenvalue weighted by Gasteiger charge is -2.41. The molecular weight excluding hydrogens is 611 g/mol. The number of aromatic nitrogens is 1. The van der Waals surface area contributed by atoms with E-state index in [1.165, 1.54) is 11.1 Å². The molecule has 0 spiro atoms. The summed E-state index contributed by atoms with van der Waals surface area (Å²) in [7, 11) is 0. The molecule has 4 aromatic carbocycles. The molecule has 0 amide bonds. The highest BCUT2D eigenvalue weighted by molar-refractivity contribution is 6.01. The lowest BCUT2D eigenvalue weighted by atomic mass is 9.83. The molecule has 5 aromatic rings. The van der Waals surface area contributed by atoms with Gasteiger partial charge in [0.1, 0.15) is 11.7 Å². The van der Waals surface area contributed by atoms with Gasteiger partial charge in [-0.1, -0.05) is 78.9 Å². The Kier molecular flexibility index (Phi) is 7.89. The van der Waals surface area contributed by atoms with Crippen LogP contribution in [0.2, 0.25) is 0 Å². The standard InChI is InChI=1S/C45H49N5/c1-30-47-42(3,4)44(7,8)49(30)38-24-20-35(21-25-38)40-28-37(34-18-16-33(17-19-34)32-14-12-11-13-15-32)29-41(46-40)36-22-26-39(27-23-36)50-31(2)48-43(5,6)45(50,9)10/h11-29H,1-10H3. The first-order chi connectivity index (χ1) is 23.6. The second-order valence-electron chi connectivity index (χ2n) is 15.9. The number of hydrogen-bond donors (Lipinski definition) is 0. The highest BCUT2D eigenvalue weighted by atomic mass is 15.3. The van der Waals surface area contributed by atoms with Gasteiger partial charge < -0.3 is 9.80 Å². The van der Waals surface area contributed by atoms with Crippen molar-refractivity contribution in [3.05, 3.63) is 115 Å². The van der Waals surface area contributed by atoms with Crippen molar-refractivity contribution < 1.29 is 0 Å². The Morgan fingerprint density at radius 2 is 0.740 bits per heavy atom. The Hall–Kier alpha value is -5.03. The summed E-state index contributed by atoms with van der Waals surface area (Å²) in [5.74, 6) is 2.08. The summed E-state index contributed by atoms with van der Waals surface area (Å²) in [6, 6.07) is 41.4. The van der Waals surface area contributed by atoms with Gasteiger partial charge >= 0.3 is 0 Å². The van der Waals surface area contributed by atoms with E-state index in [4.69, 9.17) is 15.0 Å². The molecule has 5 heteroatoms. The van der Waals surface area contributed by atoms with E-state index in [0.717, 1.165) is 56.7 Å². The molecule has 7 rings (SSSR count). The molecule has 0 unspecified atom stereocenters. The molecule has 3 heterocycles. The first-order valence-corrected chi connectivity index (χ1v) is 17.7. The molecule has 1 aromatic heterocycles. The third kappa shape index (κ3) is 5.53. The monoisotopic (exact) mass is 659 g/mol. The molecule has 254 valence electrons. The van der Waals surface area contributed by atoms with Crippen molar-refractivity contribution in [3.8, 4) is 44.8 Å². The average Bonchev–Trinajstić information content (AvgIpc) is 3.36. The molecule has 2 aliphatic rings. The van der Waals surface area contributed by atoms with Crippen LogP contribution in [0.25, 0.3) is 44.8 Å². The van der Waals surface area contributed by atoms with Gasteiger partial charge in [-0.15, -0.1) is 0 Å². The molecule has 0 saturated heterocycles. The van der Waals surface area contributed by atoms with E-state index in [0.29, 0.717) is 0 Å². The van der Waals surface area contributed by atoms with Crippen molar-refractivity contribution in [2.45, 2.75) is 91.4 Å². The topological polar surface area (TPSA) is 44.1 Å². The van der Waals surface area contributed by atoms with Gasteiger partial charge in [-0.05, 0) is 128 Å². The zero-order valence-corrected chi connectivity index (χ0v) is 31.2. The predicted molar refractivity (Wildman–Crippen MR) is 213 cm³/mol. The third-order valence-electron chi connectivity index (χ3n) is 11.6. The van der Waals surface area contributed by atoms with Crippen molar-refractivity contribution >= 4 is 23.0 Å². The Balaban J connectivity index is 1.28. The van der Waals surface area contributed by atoms with E-state index >= 15 is 0 Å². The highest BCUT2D eigenvalue weighted by Crippen LogP contribution is 2.43. The summed E-state index contributed by atoms with van der Waals surface area (Å²) in [4.78, 5) is 20.0. The highest BCUT2D eigenvalue weighted by Gasteiger charge is 2.49. The van der Waals surface area contributed by atoms with Gasteiger partial charge in [0.05, 0.1) is 33.5 Å². The number of anilines is 2. The van der Waals surface area contributed by atoms with Crippen molar-refractivity contribution in [3.63, 3.8) is 0 Å². The van der Waals surface area contributed by atoms with E-state index in [-0.39, 0.29) is 22.2 Å². The van der Waals surface area contributed by atoms with Crippen LogP contribution >= 0.6 is 0 Å². The summed E-state index contributed by atoms with van der Waals surface area (Å²) >= 11 is 0. The quantitative estimate of drug-likeness (QED) is 0.182. The zero-order chi connectivity index (χ0) is 35.6. The normalized spacial score (nSPS) is 18.6. The van der Waals surface area contributed by atoms with E-state index in [2.05, 4.69) is 194 Å². The average molecular weight is 660 g/mol. The maximum absolute atomic E-state index is 5.28. The summed E-state index contributed by atoms with van der Waals surface area (Å²) in [6.07, 6.45) is 0. The van der Waals surface area contributed by atoms with Gasteiger partial charge in [0.2, 0.25) is 0 Å². The maximum Gasteiger partial charge on any atom is 0.102 e. The number of pyridine rings is 1. The molecule has 0 fully saturated rings. The second kappa shape index (κ2) is 11.8. The van der Waals surface area contributed by atoms with Crippen LogP contribution in [-0.2, 0) is 0 Å². The molecule has 0 saturated carbocycles. The molecule has 2 aliphatic heterocycles. The van der Waals surface area contributed by atoms with Gasteiger partial charge in [-0.2, -0.15) is 0 Å². The number of amidine groups is 2. The first kappa shape index (κ1) is 33.5. The van der Waals surface area contributed by atoms with Crippen LogP contribution in [0.4, 0.5) is 11.4 Å². The van der Waals surface area contributed by atoms with Crippen LogP contribution in [0.3, 0.4) is 0 Å². The minimum atomic E-state index is -0.182. The molecule has 50 heavy (non-hydrogen) atoms. The molecule has 0 aliphatic carbocycles. The number of nitrogens with zero attached hydrogens (tertiary/aromatic N) is 5. The van der Waals surface area contributed by atoms with Crippen LogP contribution in [0, 0.1) is 0 Å². The second-order valence-corrected chi connectivity index (χ2v) is 15.9. The fourth-order valence-corrected chi connectivity index (χ4v) is 7.60. The minimum Gasteiger partial charge on any atom is -0.322 e. The number of hydrogen-bond acceptors (Lipinski definition) is 5. The zero-order valence-electron chi connectivity index (χ0n) is 31.2.